The van der Waals surface area contributed by atoms with Gasteiger partial charge in [-0.2, -0.15) is 0 Å². The molecule has 0 saturated carbocycles. The molecule has 5 atom stereocenters. The largest absolute Gasteiger partial charge is 0.508 e. The molecule has 0 saturated heterocycles. The second-order valence-electron chi connectivity index (χ2n) is 13.1. The van der Waals surface area contributed by atoms with Crippen LogP contribution in [0.3, 0.4) is 0 Å². The molecule has 0 fully saturated rings. The SMILES string of the molecule is COC(=O)CC[C@H](NC(=O)[C@H](CC(=O)OC)NC(=O)OCc1ccccc1)C(=O)N[C@H](C(=O)N[C@@H](CC(=O)OC)C(=O)N[C@@H](Cc1ccc(O)cc1)C(N)=O)C(C)C. The zero-order valence-electron chi connectivity index (χ0n) is 32.7. The van der Waals surface area contributed by atoms with Gasteiger partial charge in [0.2, 0.25) is 29.5 Å². The summed E-state index contributed by atoms with van der Waals surface area (Å²) in [6.07, 6.45) is -3.32. The first-order valence-corrected chi connectivity index (χ1v) is 17.9. The van der Waals surface area contributed by atoms with Crippen LogP contribution in [0.2, 0.25) is 0 Å². The molecule has 0 spiro atoms. The predicted octanol–water partition coefficient (Wildman–Crippen LogP) is -0.610. The minimum absolute atomic E-state index is 0.0373. The maximum absolute atomic E-state index is 13.8. The Labute approximate surface area is 334 Å². The van der Waals surface area contributed by atoms with Crippen molar-refractivity contribution in [1.29, 1.82) is 0 Å². The molecular formula is C38H50N6O14. The molecule has 0 aromatic heterocycles. The van der Waals surface area contributed by atoms with Gasteiger partial charge in [0, 0.05) is 12.8 Å². The average molecular weight is 815 g/mol. The van der Waals surface area contributed by atoms with Crippen LogP contribution in [0.5, 0.6) is 5.75 Å². The van der Waals surface area contributed by atoms with Crippen molar-refractivity contribution in [2.24, 2.45) is 11.7 Å². The average Bonchev–Trinajstić information content (AvgIpc) is 3.20. The summed E-state index contributed by atoms with van der Waals surface area (Å²) in [6, 6.07) is 6.75. The summed E-state index contributed by atoms with van der Waals surface area (Å²) < 4.78 is 19.2. The van der Waals surface area contributed by atoms with Crippen LogP contribution in [0.4, 0.5) is 4.79 Å². The van der Waals surface area contributed by atoms with Crippen LogP contribution < -0.4 is 32.3 Å². The molecule has 0 aliphatic heterocycles. The number of methoxy groups -OCH3 is 3. The Balaban J connectivity index is 2.29. The minimum Gasteiger partial charge on any atom is -0.508 e. The first-order chi connectivity index (χ1) is 27.5. The Hall–Kier alpha value is -6.73. The van der Waals surface area contributed by atoms with E-state index in [1.165, 1.54) is 24.3 Å². The minimum atomic E-state index is -1.64. The van der Waals surface area contributed by atoms with Crippen molar-refractivity contribution in [3.63, 3.8) is 0 Å². The standard InChI is InChI=1S/C38H50N6O14/c1-21(2)32(37(53)42-27(18-30(47)56-4)35(51)41-26(33(39)49)17-22-11-13-24(45)14-12-22)44-34(50)25(15-16-29(46)55-3)40-36(52)28(19-31(48)57-5)43-38(54)58-20-23-9-7-6-8-10-23/h6-14,21,25-28,32,45H,15-20H2,1-5H3,(H2,39,49)(H,40,52)(H,41,51)(H,42,53)(H,43,54)(H,44,50)/t25-,26-,27-,28-,32-/m0/s1. The Morgan fingerprint density at radius 3 is 1.62 bits per heavy atom. The normalized spacial score (nSPS) is 13.2. The van der Waals surface area contributed by atoms with Gasteiger partial charge >= 0.3 is 24.0 Å². The third-order valence-electron chi connectivity index (χ3n) is 8.43. The topological polar surface area (TPSA) is 297 Å². The summed E-state index contributed by atoms with van der Waals surface area (Å²) >= 11 is 0. The third kappa shape index (κ3) is 16.6. The lowest BCUT2D eigenvalue weighted by atomic mass is 10.0. The lowest BCUT2D eigenvalue weighted by molar-refractivity contribution is -0.144. The number of aromatic hydroxyl groups is 1. The number of phenols is 1. The second kappa shape index (κ2) is 24.0. The van der Waals surface area contributed by atoms with E-state index in [2.05, 4.69) is 40.8 Å². The molecule has 0 radical (unpaired) electrons. The highest BCUT2D eigenvalue weighted by atomic mass is 16.6. The van der Waals surface area contributed by atoms with Gasteiger partial charge in [0.15, 0.2) is 0 Å². The fraction of sp³-hybridized carbons (Fsp3) is 0.447. The van der Waals surface area contributed by atoms with Gasteiger partial charge in [-0.05, 0) is 35.6 Å². The summed E-state index contributed by atoms with van der Waals surface area (Å²) in [5.41, 5.74) is 6.67. The van der Waals surface area contributed by atoms with E-state index in [1.54, 1.807) is 44.2 Å². The molecule has 0 bridgehead atoms. The molecule has 8 N–H and O–H groups in total. The quantitative estimate of drug-likeness (QED) is 0.0577. The van der Waals surface area contributed by atoms with Gasteiger partial charge in [-0.15, -0.1) is 0 Å². The number of hydrogen-bond donors (Lipinski definition) is 7. The molecule has 0 unspecified atom stereocenters. The van der Waals surface area contributed by atoms with Gasteiger partial charge in [-0.1, -0.05) is 56.3 Å². The van der Waals surface area contributed by atoms with Crippen molar-refractivity contribution < 1.29 is 67.2 Å². The fourth-order valence-corrected chi connectivity index (χ4v) is 5.14. The zero-order chi connectivity index (χ0) is 43.4. The van der Waals surface area contributed by atoms with Gasteiger partial charge in [0.1, 0.15) is 42.6 Å². The van der Waals surface area contributed by atoms with Crippen LogP contribution in [0.25, 0.3) is 0 Å². The van der Waals surface area contributed by atoms with E-state index in [4.69, 9.17) is 10.5 Å². The van der Waals surface area contributed by atoms with Crippen molar-refractivity contribution in [3.8, 4) is 5.75 Å². The Morgan fingerprint density at radius 1 is 0.603 bits per heavy atom. The second-order valence-corrected chi connectivity index (χ2v) is 13.1. The van der Waals surface area contributed by atoms with Crippen LogP contribution in [0, 0.1) is 5.92 Å². The highest BCUT2D eigenvalue weighted by molar-refractivity contribution is 5.98. The highest BCUT2D eigenvalue weighted by Gasteiger charge is 2.35. The van der Waals surface area contributed by atoms with Gasteiger partial charge in [-0.25, -0.2) is 4.79 Å². The molecule has 0 heterocycles. The molecule has 0 aliphatic rings. The van der Waals surface area contributed by atoms with Crippen LogP contribution in [0.15, 0.2) is 54.6 Å². The van der Waals surface area contributed by atoms with E-state index in [9.17, 15) is 48.3 Å². The number of nitrogens with one attached hydrogen (secondary N) is 5. The maximum Gasteiger partial charge on any atom is 0.408 e. The van der Waals surface area contributed by atoms with Gasteiger partial charge < -0.3 is 56.4 Å². The Morgan fingerprint density at radius 2 is 1.10 bits per heavy atom. The van der Waals surface area contributed by atoms with Crippen molar-refractivity contribution in [2.75, 3.05) is 21.3 Å². The molecule has 20 nitrogen and oxygen atoms in total. The number of ether oxygens (including phenoxy) is 4. The lowest BCUT2D eigenvalue weighted by Crippen LogP contribution is -2.60. The number of carbonyl (C=O) groups excluding carboxylic acids is 9. The molecule has 20 heteroatoms. The number of esters is 3. The number of primary amides is 1. The molecule has 58 heavy (non-hydrogen) atoms. The van der Waals surface area contributed by atoms with E-state index in [0.29, 0.717) is 11.1 Å². The smallest absolute Gasteiger partial charge is 0.408 e. The predicted molar refractivity (Wildman–Crippen MR) is 202 cm³/mol. The number of hydrogen-bond acceptors (Lipinski definition) is 14. The Bertz CT molecular complexity index is 1760. The molecule has 0 aliphatic carbocycles. The van der Waals surface area contributed by atoms with Crippen LogP contribution in [-0.2, 0) is 70.3 Å². The summed E-state index contributed by atoms with van der Waals surface area (Å²) in [6.45, 7) is 2.91. The van der Waals surface area contributed by atoms with Crippen LogP contribution in [0.1, 0.15) is 50.7 Å². The number of alkyl carbamates (subject to hydrolysis) is 1. The highest BCUT2D eigenvalue weighted by Crippen LogP contribution is 2.13. The number of benzene rings is 2. The molecule has 6 amide bonds. The lowest BCUT2D eigenvalue weighted by Gasteiger charge is -2.28. The Kier molecular flexibility index (Phi) is 19.6. The van der Waals surface area contributed by atoms with Crippen molar-refractivity contribution >= 4 is 53.5 Å². The number of amides is 6. The van der Waals surface area contributed by atoms with Crippen LogP contribution >= 0.6 is 0 Å². The van der Waals surface area contributed by atoms with E-state index in [1.807, 2.05) is 0 Å². The summed E-state index contributed by atoms with van der Waals surface area (Å²) in [5.74, 6) is -8.24. The van der Waals surface area contributed by atoms with Crippen molar-refractivity contribution in [3.05, 3.63) is 65.7 Å². The van der Waals surface area contributed by atoms with E-state index in [0.717, 1.165) is 21.3 Å². The van der Waals surface area contributed by atoms with E-state index >= 15 is 0 Å². The van der Waals surface area contributed by atoms with Crippen molar-refractivity contribution in [1.82, 2.24) is 26.6 Å². The molecule has 2 aromatic carbocycles. The maximum atomic E-state index is 13.8. The number of nitrogens with two attached hydrogens (primary N) is 1. The summed E-state index contributed by atoms with van der Waals surface area (Å²) in [5, 5.41) is 21.5. The van der Waals surface area contributed by atoms with Gasteiger partial charge in [0.25, 0.3) is 0 Å². The fourth-order valence-electron chi connectivity index (χ4n) is 5.14. The molecule has 316 valence electrons. The molecular weight excluding hydrogens is 764 g/mol. The number of rotatable bonds is 22. The molecule has 2 aromatic rings. The van der Waals surface area contributed by atoms with Gasteiger partial charge in [-0.3, -0.25) is 38.4 Å². The monoisotopic (exact) mass is 814 g/mol. The van der Waals surface area contributed by atoms with Crippen LogP contribution in [-0.4, -0.2) is 110 Å². The van der Waals surface area contributed by atoms with Crippen molar-refractivity contribution in [2.45, 2.75) is 82.8 Å². The zero-order valence-corrected chi connectivity index (χ0v) is 32.7. The number of carbonyl (C=O) groups is 9. The first-order valence-electron chi connectivity index (χ1n) is 17.9. The third-order valence-corrected chi connectivity index (χ3v) is 8.43. The number of phenolic OH excluding ortho intramolecular Hbond substituents is 1. The first kappa shape index (κ1) is 47.4. The summed E-state index contributed by atoms with van der Waals surface area (Å²) in [7, 11) is 3.21. The van der Waals surface area contributed by atoms with E-state index < -0.39 is 109 Å². The van der Waals surface area contributed by atoms with E-state index in [-0.39, 0.29) is 25.2 Å². The molecule has 2 rings (SSSR count). The van der Waals surface area contributed by atoms with Gasteiger partial charge in [0.05, 0.1) is 34.2 Å². The summed E-state index contributed by atoms with van der Waals surface area (Å²) in [4.78, 5) is 116.